The number of rotatable bonds is 1. The summed E-state index contributed by atoms with van der Waals surface area (Å²) in [5.41, 5.74) is 0.786. The highest BCUT2D eigenvalue weighted by Crippen LogP contribution is 2.22. The number of aryl methyl sites for hydroxylation is 1. The minimum absolute atomic E-state index is 0.408. The Hall–Kier alpha value is 0.0400. The molecule has 9 heavy (non-hydrogen) atoms. The molecule has 0 saturated heterocycles. The number of halogens is 2. The summed E-state index contributed by atoms with van der Waals surface area (Å²) in [5, 5.41) is 0. The van der Waals surface area contributed by atoms with Crippen molar-refractivity contribution in [2.75, 3.05) is 0 Å². The summed E-state index contributed by atoms with van der Waals surface area (Å²) in [6.07, 6.45) is 0. The van der Waals surface area contributed by atoms with Crippen LogP contribution < -0.4 is 0 Å². The second-order valence-electron chi connectivity index (χ2n) is 1.61. The van der Waals surface area contributed by atoms with Gasteiger partial charge >= 0.3 is 0 Å². The molecule has 1 rings (SSSR count). The smallest absolute Gasteiger partial charge is 0.159 e. The molecule has 1 aromatic rings. The molecule has 0 bridgehead atoms. The van der Waals surface area contributed by atoms with Crippen LogP contribution in [0.2, 0.25) is 0 Å². The fourth-order valence-corrected chi connectivity index (χ4v) is 2.00. The minimum Gasteiger partial charge on any atom is -0.245 e. The van der Waals surface area contributed by atoms with Crippen molar-refractivity contribution in [2.24, 2.45) is 0 Å². The standard InChI is InChI=1S/C5H5BrFNS/c1-3-4(2-7)9-5(6)8-3/h2H2,1H3. The Morgan fingerprint density at radius 3 is 2.67 bits per heavy atom. The molecule has 0 amide bonds. The molecule has 0 radical (unpaired) electrons. The van der Waals surface area contributed by atoms with E-state index in [4.69, 9.17) is 0 Å². The molecule has 1 aromatic heterocycles. The topological polar surface area (TPSA) is 12.9 Å². The third-order valence-electron chi connectivity index (χ3n) is 0.988. The fourth-order valence-electron chi connectivity index (χ4n) is 0.517. The van der Waals surface area contributed by atoms with Crippen molar-refractivity contribution in [3.05, 3.63) is 14.5 Å². The maximum Gasteiger partial charge on any atom is 0.159 e. The number of alkyl halides is 1. The van der Waals surface area contributed by atoms with Crippen LogP contribution in [0.5, 0.6) is 0 Å². The summed E-state index contributed by atoms with van der Waals surface area (Å²) in [7, 11) is 0. The van der Waals surface area contributed by atoms with Crippen LogP contribution in [-0.4, -0.2) is 4.98 Å². The average molecular weight is 210 g/mol. The molecule has 0 fully saturated rings. The Morgan fingerprint density at radius 2 is 2.44 bits per heavy atom. The Balaban J connectivity index is 3.01. The molecule has 0 aliphatic rings. The molecule has 0 spiro atoms. The van der Waals surface area contributed by atoms with Crippen molar-refractivity contribution in [3.8, 4) is 0 Å². The lowest BCUT2D eigenvalue weighted by Gasteiger charge is -1.82. The normalized spacial score (nSPS) is 10.1. The maximum atomic E-state index is 11.9. The summed E-state index contributed by atoms with van der Waals surface area (Å²) < 4.78 is 12.7. The molecule has 0 aromatic carbocycles. The van der Waals surface area contributed by atoms with E-state index in [1.54, 1.807) is 6.92 Å². The molecule has 0 unspecified atom stereocenters. The van der Waals surface area contributed by atoms with Gasteiger partial charge in [0.1, 0.15) is 6.67 Å². The first-order valence-corrected chi connectivity index (χ1v) is 4.02. The van der Waals surface area contributed by atoms with Gasteiger partial charge in [-0.3, -0.25) is 0 Å². The van der Waals surface area contributed by atoms with Gasteiger partial charge in [-0.1, -0.05) is 0 Å². The Morgan fingerprint density at radius 1 is 1.78 bits per heavy atom. The van der Waals surface area contributed by atoms with Gasteiger partial charge in [-0.2, -0.15) is 0 Å². The van der Waals surface area contributed by atoms with Gasteiger partial charge in [0, 0.05) is 0 Å². The molecular formula is C5H5BrFNS. The predicted molar refractivity (Wildman–Crippen MR) is 39.4 cm³/mol. The minimum atomic E-state index is -0.408. The first-order chi connectivity index (χ1) is 4.24. The van der Waals surface area contributed by atoms with Gasteiger partial charge in [-0.15, -0.1) is 11.3 Å². The third-order valence-corrected chi connectivity index (χ3v) is 2.56. The Kier molecular flexibility index (Phi) is 2.18. The van der Waals surface area contributed by atoms with E-state index in [-0.39, 0.29) is 0 Å². The van der Waals surface area contributed by atoms with E-state index < -0.39 is 6.67 Å². The van der Waals surface area contributed by atoms with Crippen LogP contribution in [0.15, 0.2) is 3.92 Å². The highest BCUT2D eigenvalue weighted by Gasteiger charge is 2.02. The molecule has 1 nitrogen and oxygen atoms in total. The monoisotopic (exact) mass is 209 g/mol. The number of nitrogens with zero attached hydrogens (tertiary/aromatic N) is 1. The third kappa shape index (κ3) is 1.49. The van der Waals surface area contributed by atoms with Crippen LogP contribution in [0, 0.1) is 6.92 Å². The Labute approximate surface area is 65.1 Å². The van der Waals surface area contributed by atoms with Crippen molar-refractivity contribution in [1.82, 2.24) is 4.98 Å². The zero-order chi connectivity index (χ0) is 6.85. The van der Waals surface area contributed by atoms with E-state index in [1.165, 1.54) is 11.3 Å². The van der Waals surface area contributed by atoms with Gasteiger partial charge in [0.15, 0.2) is 3.92 Å². The molecule has 50 valence electrons. The van der Waals surface area contributed by atoms with Gasteiger partial charge in [-0.05, 0) is 22.9 Å². The van der Waals surface area contributed by atoms with Crippen LogP contribution in [0.3, 0.4) is 0 Å². The number of hydrogen-bond donors (Lipinski definition) is 0. The van der Waals surface area contributed by atoms with Crippen LogP contribution in [-0.2, 0) is 6.67 Å². The van der Waals surface area contributed by atoms with E-state index in [0.717, 1.165) is 9.61 Å². The summed E-state index contributed by atoms with van der Waals surface area (Å²) in [5.74, 6) is 0. The van der Waals surface area contributed by atoms with Gasteiger partial charge in [0.05, 0.1) is 10.6 Å². The lowest BCUT2D eigenvalue weighted by Crippen LogP contribution is -1.75. The fraction of sp³-hybridized carbons (Fsp3) is 0.400. The molecule has 0 atom stereocenters. The van der Waals surface area contributed by atoms with E-state index in [0.29, 0.717) is 4.88 Å². The Bertz CT molecular complexity index is 211. The van der Waals surface area contributed by atoms with Crippen LogP contribution >= 0.6 is 27.3 Å². The van der Waals surface area contributed by atoms with Gasteiger partial charge < -0.3 is 0 Å². The zero-order valence-electron chi connectivity index (χ0n) is 4.82. The molecule has 0 saturated carbocycles. The van der Waals surface area contributed by atoms with Crippen molar-refractivity contribution in [3.63, 3.8) is 0 Å². The quantitative estimate of drug-likeness (QED) is 0.694. The van der Waals surface area contributed by atoms with Crippen LogP contribution in [0.25, 0.3) is 0 Å². The molecule has 4 heteroatoms. The van der Waals surface area contributed by atoms with E-state index >= 15 is 0 Å². The summed E-state index contributed by atoms with van der Waals surface area (Å²) in [6.45, 7) is 1.39. The van der Waals surface area contributed by atoms with Gasteiger partial charge in [0.25, 0.3) is 0 Å². The van der Waals surface area contributed by atoms with Crippen molar-refractivity contribution in [1.29, 1.82) is 0 Å². The number of hydrogen-bond acceptors (Lipinski definition) is 2. The second-order valence-corrected chi connectivity index (χ2v) is 3.97. The zero-order valence-corrected chi connectivity index (χ0v) is 7.22. The molecule has 1 heterocycles. The number of thiazole rings is 1. The molecular weight excluding hydrogens is 205 g/mol. The highest BCUT2D eigenvalue weighted by atomic mass is 79.9. The lowest BCUT2D eigenvalue weighted by atomic mass is 10.4. The molecule has 0 aliphatic heterocycles. The first kappa shape index (κ1) is 7.15. The van der Waals surface area contributed by atoms with Gasteiger partial charge in [-0.25, -0.2) is 9.37 Å². The van der Waals surface area contributed by atoms with Crippen molar-refractivity contribution in [2.45, 2.75) is 13.6 Å². The van der Waals surface area contributed by atoms with Gasteiger partial charge in [0.2, 0.25) is 0 Å². The lowest BCUT2D eigenvalue weighted by molar-refractivity contribution is 0.489. The van der Waals surface area contributed by atoms with E-state index in [1.807, 2.05) is 0 Å². The van der Waals surface area contributed by atoms with E-state index in [9.17, 15) is 4.39 Å². The average Bonchev–Trinajstić information content (AvgIpc) is 2.10. The van der Waals surface area contributed by atoms with Crippen LogP contribution in [0.1, 0.15) is 10.6 Å². The molecule has 0 N–H and O–H groups in total. The SMILES string of the molecule is Cc1nc(Br)sc1CF. The van der Waals surface area contributed by atoms with Crippen molar-refractivity contribution < 1.29 is 4.39 Å². The summed E-state index contributed by atoms with van der Waals surface area (Å²) >= 11 is 4.51. The number of aromatic nitrogens is 1. The predicted octanol–water partition coefficient (Wildman–Crippen LogP) is 2.68. The maximum absolute atomic E-state index is 11.9. The summed E-state index contributed by atoms with van der Waals surface area (Å²) in [6, 6.07) is 0. The molecule has 0 aliphatic carbocycles. The first-order valence-electron chi connectivity index (χ1n) is 2.42. The second kappa shape index (κ2) is 2.75. The van der Waals surface area contributed by atoms with Crippen LogP contribution in [0.4, 0.5) is 4.39 Å². The van der Waals surface area contributed by atoms with Crippen molar-refractivity contribution >= 4 is 27.3 Å². The summed E-state index contributed by atoms with van der Waals surface area (Å²) in [4.78, 5) is 4.69. The van der Waals surface area contributed by atoms with E-state index in [2.05, 4.69) is 20.9 Å². The largest absolute Gasteiger partial charge is 0.245 e. The highest BCUT2D eigenvalue weighted by molar-refractivity contribution is 9.11.